The predicted octanol–water partition coefficient (Wildman–Crippen LogP) is 3.15. The molecule has 0 aliphatic heterocycles. The van der Waals surface area contributed by atoms with Gasteiger partial charge in [0.2, 0.25) is 0 Å². The fourth-order valence-corrected chi connectivity index (χ4v) is 2.13. The standard InChI is InChI=1S/C16H20N4O4/c1-16(2,3)24-15(21)18(4)10-12-9-13(20(22)23)5-6-14(12)19-8-7-17-11-19/h5-9,11H,10H2,1-4H3. The molecule has 0 aliphatic rings. The minimum absolute atomic E-state index is 0.0357. The third-order valence-electron chi connectivity index (χ3n) is 3.17. The third-order valence-corrected chi connectivity index (χ3v) is 3.17. The first-order chi connectivity index (χ1) is 11.2. The monoisotopic (exact) mass is 332 g/mol. The highest BCUT2D eigenvalue weighted by molar-refractivity contribution is 5.68. The number of ether oxygens (including phenoxy) is 1. The number of nitro benzene ring substituents is 1. The van der Waals surface area contributed by atoms with Crippen LogP contribution in [-0.4, -0.2) is 38.1 Å². The van der Waals surface area contributed by atoms with Crippen LogP contribution in [0.2, 0.25) is 0 Å². The van der Waals surface area contributed by atoms with E-state index in [1.807, 2.05) is 0 Å². The lowest BCUT2D eigenvalue weighted by atomic mass is 10.1. The lowest BCUT2D eigenvalue weighted by Crippen LogP contribution is -2.34. The van der Waals surface area contributed by atoms with E-state index in [1.165, 1.54) is 17.0 Å². The first-order valence-corrected chi connectivity index (χ1v) is 7.37. The van der Waals surface area contributed by atoms with Crippen molar-refractivity contribution in [1.82, 2.24) is 14.5 Å². The Kier molecular flexibility index (Phi) is 4.87. The molecule has 0 N–H and O–H groups in total. The minimum atomic E-state index is -0.610. The van der Waals surface area contributed by atoms with Gasteiger partial charge in [0, 0.05) is 37.1 Å². The van der Waals surface area contributed by atoms with Crippen LogP contribution in [0.4, 0.5) is 10.5 Å². The van der Waals surface area contributed by atoms with Gasteiger partial charge in [-0.2, -0.15) is 0 Å². The van der Waals surface area contributed by atoms with Crippen LogP contribution in [0.15, 0.2) is 36.9 Å². The fourth-order valence-electron chi connectivity index (χ4n) is 2.13. The Labute approximate surface area is 139 Å². The Morgan fingerprint density at radius 1 is 1.42 bits per heavy atom. The van der Waals surface area contributed by atoms with Gasteiger partial charge in [-0.05, 0) is 26.8 Å². The van der Waals surface area contributed by atoms with Crippen molar-refractivity contribution in [2.24, 2.45) is 0 Å². The number of rotatable bonds is 4. The van der Waals surface area contributed by atoms with Crippen molar-refractivity contribution in [2.45, 2.75) is 32.9 Å². The summed E-state index contributed by atoms with van der Waals surface area (Å²) in [5.74, 6) is 0. The smallest absolute Gasteiger partial charge is 0.410 e. The molecule has 1 aromatic carbocycles. The number of carbonyl (C=O) groups excluding carboxylic acids is 1. The maximum absolute atomic E-state index is 12.1. The maximum atomic E-state index is 12.1. The first-order valence-electron chi connectivity index (χ1n) is 7.37. The summed E-state index contributed by atoms with van der Waals surface area (Å²) in [6.07, 6.45) is 4.45. The molecule has 1 amide bonds. The number of benzene rings is 1. The number of aromatic nitrogens is 2. The number of hydrogen-bond acceptors (Lipinski definition) is 5. The number of imidazole rings is 1. The highest BCUT2D eigenvalue weighted by atomic mass is 16.6. The van der Waals surface area contributed by atoms with Gasteiger partial charge in [0.1, 0.15) is 5.60 Å². The molecule has 8 heteroatoms. The summed E-state index contributed by atoms with van der Waals surface area (Å²) in [6, 6.07) is 4.51. The van der Waals surface area contributed by atoms with Crippen LogP contribution >= 0.6 is 0 Å². The lowest BCUT2D eigenvalue weighted by molar-refractivity contribution is -0.384. The molecule has 0 spiro atoms. The van der Waals surface area contributed by atoms with Crippen LogP contribution in [0.5, 0.6) is 0 Å². The summed E-state index contributed by atoms with van der Waals surface area (Å²) < 4.78 is 7.05. The van der Waals surface area contributed by atoms with Gasteiger partial charge in [0.15, 0.2) is 0 Å². The molecule has 2 aromatic rings. The van der Waals surface area contributed by atoms with Gasteiger partial charge in [-0.1, -0.05) is 0 Å². The Bertz CT molecular complexity index is 735. The van der Waals surface area contributed by atoms with Crippen molar-refractivity contribution < 1.29 is 14.5 Å². The molecule has 0 saturated heterocycles. The Balaban J connectivity index is 2.31. The summed E-state index contributed by atoms with van der Waals surface area (Å²) in [6.45, 7) is 5.51. The molecule has 0 unspecified atom stereocenters. The molecule has 0 saturated carbocycles. The molecular formula is C16H20N4O4. The fraction of sp³-hybridized carbons (Fsp3) is 0.375. The van der Waals surface area contributed by atoms with E-state index in [1.54, 1.807) is 57.2 Å². The zero-order valence-electron chi connectivity index (χ0n) is 14.1. The van der Waals surface area contributed by atoms with Gasteiger partial charge in [-0.15, -0.1) is 0 Å². The SMILES string of the molecule is CN(Cc1cc([N+](=O)[O-])ccc1-n1ccnc1)C(=O)OC(C)(C)C. The molecule has 0 aliphatic carbocycles. The summed E-state index contributed by atoms with van der Waals surface area (Å²) in [7, 11) is 1.59. The highest BCUT2D eigenvalue weighted by Gasteiger charge is 2.21. The molecular weight excluding hydrogens is 312 g/mol. The van der Waals surface area contributed by atoms with Crippen molar-refractivity contribution in [3.05, 3.63) is 52.6 Å². The van der Waals surface area contributed by atoms with Gasteiger partial charge < -0.3 is 14.2 Å². The Morgan fingerprint density at radius 3 is 2.67 bits per heavy atom. The summed E-state index contributed by atoms with van der Waals surface area (Å²) in [5, 5.41) is 11.0. The molecule has 24 heavy (non-hydrogen) atoms. The van der Waals surface area contributed by atoms with Crippen LogP contribution in [0.1, 0.15) is 26.3 Å². The van der Waals surface area contributed by atoms with E-state index in [-0.39, 0.29) is 12.2 Å². The van der Waals surface area contributed by atoms with Gasteiger partial charge in [0.25, 0.3) is 5.69 Å². The largest absolute Gasteiger partial charge is 0.444 e. The quantitative estimate of drug-likeness (QED) is 0.633. The first kappa shape index (κ1) is 17.5. The number of amides is 1. The average Bonchev–Trinajstić information content (AvgIpc) is 2.99. The van der Waals surface area contributed by atoms with E-state index in [4.69, 9.17) is 4.74 Å². The number of hydrogen-bond donors (Lipinski definition) is 0. The van der Waals surface area contributed by atoms with Crippen molar-refractivity contribution in [3.8, 4) is 5.69 Å². The predicted molar refractivity (Wildman–Crippen MR) is 87.9 cm³/mol. The van der Waals surface area contributed by atoms with E-state index < -0.39 is 16.6 Å². The lowest BCUT2D eigenvalue weighted by Gasteiger charge is -2.25. The van der Waals surface area contributed by atoms with Crippen LogP contribution in [0.25, 0.3) is 5.69 Å². The van der Waals surface area contributed by atoms with Gasteiger partial charge >= 0.3 is 6.09 Å². The zero-order valence-corrected chi connectivity index (χ0v) is 14.1. The van der Waals surface area contributed by atoms with Gasteiger partial charge in [-0.25, -0.2) is 9.78 Å². The topological polar surface area (TPSA) is 90.5 Å². The number of carbonyl (C=O) groups is 1. The van der Waals surface area contributed by atoms with Gasteiger partial charge in [-0.3, -0.25) is 10.1 Å². The van der Waals surface area contributed by atoms with Crippen molar-refractivity contribution in [1.29, 1.82) is 0 Å². The molecule has 1 heterocycles. The molecule has 1 aromatic heterocycles. The van der Waals surface area contributed by atoms with E-state index in [2.05, 4.69) is 4.98 Å². The summed E-state index contributed by atoms with van der Waals surface area (Å²) in [5.41, 5.74) is 0.691. The van der Waals surface area contributed by atoms with E-state index >= 15 is 0 Å². The van der Waals surface area contributed by atoms with Crippen LogP contribution in [-0.2, 0) is 11.3 Å². The highest BCUT2D eigenvalue weighted by Crippen LogP contribution is 2.23. The zero-order chi connectivity index (χ0) is 17.9. The second-order valence-corrected chi connectivity index (χ2v) is 6.38. The molecule has 0 atom stereocenters. The second-order valence-electron chi connectivity index (χ2n) is 6.38. The van der Waals surface area contributed by atoms with E-state index in [9.17, 15) is 14.9 Å². The van der Waals surface area contributed by atoms with Crippen molar-refractivity contribution >= 4 is 11.8 Å². The third kappa shape index (κ3) is 4.31. The number of nitro groups is 1. The minimum Gasteiger partial charge on any atom is -0.444 e. The van der Waals surface area contributed by atoms with Crippen LogP contribution < -0.4 is 0 Å². The average molecular weight is 332 g/mol. The molecule has 128 valence electrons. The molecule has 2 rings (SSSR count). The molecule has 0 fully saturated rings. The summed E-state index contributed by atoms with van der Waals surface area (Å²) in [4.78, 5) is 28.1. The normalized spacial score (nSPS) is 11.2. The second kappa shape index (κ2) is 6.69. The molecule has 0 radical (unpaired) electrons. The van der Waals surface area contributed by atoms with Crippen molar-refractivity contribution in [2.75, 3.05) is 7.05 Å². The van der Waals surface area contributed by atoms with Gasteiger partial charge in [0.05, 0.1) is 23.5 Å². The molecule has 8 nitrogen and oxygen atoms in total. The van der Waals surface area contributed by atoms with E-state index in [0.717, 1.165) is 0 Å². The van der Waals surface area contributed by atoms with Crippen LogP contribution in [0.3, 0.4) is 0 Å². The van der Waals surface area contributed by atoms with Crippen LogP contribution in [0, 0.1) is 10.1 Å². The Hall–Kier alpha value is -2.90. The maximum Gasteiger partial charge on any atom is 0.410 e. The summed E-state index contributed by atoms with van der Waals surface area (Å²) >= 11 is 0. The number of nitrogens with zero attached hydrogens (tertiary/aromatic N) is 4. The Morgan fingerprint density at radius 2 is 2.12 bits per heavy atom. The number of non-ortho nitro benzene ring substituents is 1. The van der Waals surface area contributed by atoms with E-state index in [0.29, 0.717) is 11.3 Å². The van der Waals surface area contributed by atoms with Crippen molar-refractivity contribution in [3.63, 3.8) is 0 Å². The molecule has 0 bridgehead atoms.